The third-order valence-electron chi connectivity index (χ3n) is 5.98. The largest absolute Gasteiger partial charge is 0.467 e. The molecule has 4 aromatic heterocycles. The number of nitrogens with zero attached hydrogens (tertiary/aromatic N) is 5. The van der Waals surface area contributed by atoms with E-state index in [1.54, 1.807) is 29.1 Å². The number of nitrogens with two attached hydrogens (primary N) is 1. The number of hydrogen-bond acceptors (Lipinski definition) is 7. The summed E-state index contributed by atoms with van der Waals surface area (Å²) in [4.78, 5) is 47.5. The van der Waals surface area contributed by atoms with Crippen LogP contribution in [0.5, 0.6) is 0 Å². The fourth-order valence-electron chi connectivity index (χ4n) is 4.16. The van der Waals surface area contributed by atoms with E-state index in [0.717, 1.165) is 5.56 Å². The molecule has 0 fully saturated rings. The maximum absolute atomic E-state index is 13.8. The van der Waals surface area contributed by atoms with Crippen LogP contribution in [0.3, 0.4) is 0 Å². The van der Waals surface area contributed by atoms with Gasteiger partial charge in [-0.3, -0.25) is 24.0 Å². The topological polar surface area (TPSA) is 145 Å². The second-order valence-corrected chi connectivity index (χ2v) is 8.86. The Morgan fingerprint density at radius 3 is 2.62 bits per heavy atom. The van der Waals surface area contributed by atoms with Crippen LogP contribution >= 0.6 is 0 Å². The summed E-state index contributed by atoms with van der Waals surface area (Å²) in [7, 11) is 0. The molecular weight excluding hydrogens is 474 g/mol. The van der Waals surface area contributed by atoms with Crippen molar-refractivity contribution in [3.05, 3.63) is 105 Å². The molecule has 11 heteroatoms. The molecule has 5 aromatic rings. The van der Waals surface area contributed by atoms with Crippen molar-refractivity contribution in [1.29, 1.82) is 0 Å². The molecule has 3 N–H and O–H groups in total. The van der Waals surface area contributed by atoms with E-state index in [1.807, 2.05) is 44.2 Å². The number of pyridine rings is 1. The number of hydrogen-bond donors (Lipinski definition) is 2. The number of anilines is 2. The summed E-state index contributed by atoms with van der Waals surface area (Å²) in [5.41, 5.74) is 6.44. The molecule has 0 radical (unpaired) electrons. The van der Waals surface area contributed by atoms with Gasteiger partial charge in [0.15, 0.2) is 11.3 Å². The number of rotatable bonds is 7. The summed E-state index contributed by atoms with van der Waals surface area (Å²) in [5, 5.41) is 5.02. The van der Waals surface area contributed by atoms with E-state index in [2.05, 4.69) is 15.1 Å². The summed E-state index contributed by atoms with van der Waals surface area (Å²) in [6, 6.07) is 14.3. The molecule has 0 unspecified atom stereocenters. The van der Waals surface area contributed by atoms with Gasteiger partial charge in [0, 0.05) is 17.6 Å². The average Bonchev–Trinajstić information content (AvgIpc) is 3.55. The van der Waals surface area contributed by atoms with Crippen molar-refractivity contribution in [3.8, 4) is 0 Å². The summed E-state index contributed by atoms with van der Waals surface area (Å²) < 4.78 is 8.44. The zero-order valence-electron chi connectivity index (χ0n) is 20.3. The van der Waals surface area contributed by atoms with Crippen molar-refractivity contribution in [2.24, 2.45) is 0 Å². The zero-order valence-corrected chi connectivity index (χ0v) is 20.3. The summed E-state index contributed by atoms with van der Waals surface area (Å²) in [6.45, 7) is 3.99. The van der Waals surface area contributed by atoms with Crippen molar-refractivity contribution in [1.82, 2.24) is 24.3 Å². The highest BCUT2D eigenvalue weighted by Crippen LogP contribution is 2.24. The van der Waals surface area contributed by atoms with Gasteiger partial charge in [-0.1, -0.05) is 30.3 Å². The standard InChI is InChI=1S/C26H25N7O4/c1-16(2)33-23-18(13-29-33)11-19(12-28-23)25(35)31(15-20-9-6-10-37-20)21-22(27)32(26(36)30-24(21)34)14-17-7-4-3-5-8-17/h3-13,16H,14-15,27H2,1-2H3,(H,30,34,36). The van der Waals surface area contributed by atoms with E-state index in [9.17, 15) is 14.4 Å². The minimum Gasteiger partial charge on any atom is -0.467 e. The third-order valence-corrected chi connectivity index (χ3v) is 5.98. The molecule has 37 heavy (non-hydrogen) atoms. The molecular formula is C26H25N7O4. The lowest BCUT2D eigenvalue weighted by Gasteiger charge is -2.24. The van der Waals surface area contributed by atoms with Crippen molar-refractivity contribution >= 4 is 28.4 Å². The van der Waals surface area contributed by atoms with Crippen molar-refractivity contribution in [2.75, 3.05) is 10.6 Å². The molecule has 1 amide bonds. The van der Waals surface area contributed by atoms with Crippen molar-refractivity contribution in [2.45, 2.75) is 33.0 Å². The molecule has 0 bridgehead atoms. The van der Waals surface area contributed by atoms with Crippen molar-refractivity contribution < 1.29 is 9.21 Å². The Kier molecular flexibility index (Phi) is 6.18. The van der Waals surface area contributed by atoms with Crippen LogP contribution in [-0.2, 0) is 13.1 Å². The van der Waals surface area contributed by atoms with Gasteiger partial charge in [0.2, 0.25) is 0 Å². The summed E-state index contributed by atoms with van der Waals surface area (Å²) >= 11 is 0. The van der Waals surface area contributed by atoms with E-state index >= 15 is 0 Å². The lowest BCUT2D eigenvalue weighted by Crippen LogP contribution is -2.41. The second kappa shape index (κ2) is 9.61. The quantitative estimate of drug-likeness (QED) is 0.350. The fourth-order valence-corrected chi connectivity index (χ4v) is 4.16. The molecule has 0 saturated heterocycles. The Labute approximate surface area is 210 Å². The minimum atomic E-state index is -0.784. The van der Waals surface area contributed by atoms with Gasteiger partial charge in [-0.2, -0.15) is 5.10 Å². The Bertz CT molecular complexity index is 1680. The van der Waals surface area contributed by atoms with Crippen LogP contribution in [0.15, 0.2) is 81.2 Å². The molecule has 0 aliphatic rings. The number of aromatic nitrogens is 5. The van der Waals surface area contributed by atoms with E-state index in [-0.39, 0.29) is 36.2 Å². The number of carbonyl (C=O) groups is 1. The first kappa shape index (κ1) is 23.8. The molecule has 0 spiro atoms. The van der Waals surface area contributed by atoms with Gasteiger partial charge in [-0.05, 0) is 37.6 Å². The van der Waals surface area contributed by atoms with Gasteiger partial charge in [0.25, 0.3) is 11.5 Å². The molecule has 5 rings (SSSR count). The first-order chi connectivity index (χ1) is 17.8. The molecule has 11 nitrogen and oxygen atoms in total. The lowest BCUT2D eigenvalue weighted by molar-refractivity contribution is 0.0982. The average molecular weight is 500 g/mol. The molecule has 0 aliphatic carbocycles. The molecule has 0 aliphatic heterocycles. The van der Waals surface area contributed by atoms with Crippen LogP contribution in [0.2, 0.25) is 0 Å². The number of nitrogen functional groups attached to an aromatic ring is 1. The van der Waals surface area contributed by atoms with E-state index in [0.29, 0.717) is 16.8 Å². The maximum Gasteiger partial charge on any atom is 0.330 e. The highest BCUT2D eigenvalue weighted by molar-refractivity contribution is 6.08. The van der Waals surface area contributed by atoms with E-state index in [4.69, 9.17) is 10.2 Å². The maximum atomic E-state index is 13.8. The first-order valence-corrected chi connectivity index (χ1v) is 11.7. The molecule has 188 valence electrons. The van der Waals surface area contributed by atoms with Gasteiger partial charge in [-0.15, -0.1) is 0 Å². The predicted octanol–water partition coefficient (Wildman–Crippen LogP) is 2.93. The number of benzene rings is 1. The Balaban J connectivity index is 1.62. The number of H-pyrrole nitrogens is 1. The lowest BCUT2D eigenvalue weighted by atomic mass is 10.2. The Hall–Kier alpha value is -4.93. The number of nitrogens with one attached hydrogen (secondary N) is 1. The summed E-state index contributed by atoms with van der Waals surface area (Å²) in [6.07, 6.45) is 4.54. The van der Waals surface area contributed by atoms with E-state index in [1.165, 1.54) is 21.9 Å². The Morgan fingerprint density at radius 2 is 1.92 bits per heavy atom. The fraction of sp³-hybridized carbons (Fsp3) is 0.192. The molecule has 4 heterocycles. The minimum absolute atomic E-state index is 0.0889. The van der Waals surface area contributed by atoms with Crippen molar-refractivity contribution in [3.63, 3.8) is 0 Å². The van der Waals surface area contributed by atoms with Gasteiger partial charge in [0.1, 0.15) is 11.6 Å². The van der Waals surface area contributed by atoms with Gasteiger partial charge in [-0.25, -0.2) is 14.5 Å². The van der Waals surface area contributed by atoms with Gasteiger partial charge >= 0.3 is 5.69 Å². The van der Waals surface area contributed by atoms with Crippen LogP contribution < -0.4 is 21.9 Å². The van der Waals surface area contributed by atoms with E-state index < -0.39 is 17.2 Å². The first-order valence-electron chi connectivity index (χ1n) is 11.7. The highest BCUT2D eigenvalue weighted by Gasteiger charge is 2.27. The van der Waals surface area contributed by atoms with Crippen LogP contribution in [0.4, 0.5) is 11.5 Å². The molecule has 1 aromatic carbocycles. The molecule has 0 saturated carbocycles. The van der Waals surface area contributed by atoms with Crippen LogP contribution in [0.25, 0.3) is 11.0 Å². The summed E-state index contributed by atoms with van der Waals surface area (Å²) in [5.74, 6) is -0.251. The third kappa shape index (κ3) is 4.54. The highest BCUT2D eigenvalue weighted by atomic mass is 16.3. The van der Waals surface area contributed by atoms with Crippen LogP contribution in [0.1, 0.15) is 41.6 Å². The number of fused-ring (bicyclic) bond motifs is 1. The second-order valence-electron chi connectivity index (χ2n) is 8.86. The van der Waals surface area contributed by atoms with Crippen LogP contribution in [0, 0.1) is 0 Å². The number of amides is 1. The van der Waals surface area contributed by atoms with Crippen LogP contribution in [-0.4, -0.2) is 30.2 Å². The number of furan rings is 1. The van der Waals surface area contributed by atoms with Gasteiger partial charge in [0.05, 0.1) is 31.1 Å². The number of aromatic amines is 1. The molecule has 0 atom stereocenters. The number of carbonyl (C=O) groups excluding carboxylic acids is 1. The SMILES string of the molecule is CC(C)n1ncc2cc(C(=O)N(Cc3ccco3)c3c(N)n(Cc4ccccc4)c(=O)[nH]c3=O)cnc21. The zero-order chi connectivity index (χ0) is 26.1. The predicted molar refractivity (Wildman–Crippen MR) is 138 cm³/mol. The Morgan fingerprint density at radius 1 is 1.14 bits per heavy atom. The monoisotopic (exact) mass is 499 g/mol. The normalized spacial score (nSPS) is 11.3. The smallest absolute Gasteiger partial charge is 0.330 e. The van der Waals surface area contributed by atoms with Gasteiger partial charge < -0.3 is 10.2 Å².